The van der Waals surface area contributed by atoms with Gasteiger partial charge in [0.2, 0.25) is 0 Å². The van der Waals surface area contributed by atoms with Crippen LogP contribution in [-0.2, 0) is 6.54 Å². The number of nitrogens with one attached hydrogen (secondary N) is 1. The summed E-state index contributed by atoms with van der Waals surface area (Å²) >= 11 is 1.66. The van der Waals surface area contributed by atoms with Gasteiger partial charge in [0, 0.05) is 43.7 Å². The third-order valence-electron chi connectivity index (χ3n) is 4.19. The summed E-state index contributed by atoms with van der Waals surface area (Å²) < 4.78 is 10.7. The highest BCUT2D eigenvalue weighted by Gasteiger charge is 2.19. The van der Waals surface area contributed by atoms with Gasteiger partial charge >= 0.3 is 0 Å². The third kappa shape index (κ3) is 3.65. The lowest BCUT2D eigenvalue weighted by Gasteiger charge is -2.33. The van der Waals surface area contributed by atoms with E-state index in [1.165, 1.54) is 0 Å². The van der Waals surface area contributed by atoms with Gasteiger partial charge in [0.05, 0.1) is 25.5 Å². The number of aromatic nitrogens is 1. The largest absolute Gasteiger partial charge is 0.497 e. The quantitative estimate of drug-likeness (QED) is 0.911. The fourth-order valence-corrected chi connectivity index (χ4v) is 3.65. The maximum absolute atomic E-state index is 5.49. The van der Waals surface area contributed by atoms with Gasteiger partial charge in [-0.2, -0.15) is 0 Å². The maximum Gasteiger partial charge on any atom is 0.132 e. The number of piperazine rings is 1. The first-order valence-corrected chi connectivity index (χ1v) is 8.71. The van der Waals surface area contributed by atoms with Crippen molar-refractivity contribution in [2.24, 2.45) is 0 Å². The van der Waals surface area contributed by atoms with Crippen LogP contribution >= 0.6 is 11.3 Å². The molecule has 0 spiro atoms. The second-order valence-corrected chi connectivity index (χ2v) is 6.59. The number of benzene rings is 1. The molecule has 1 N–H and O–H groups in total. The minimum atomic E-state index is 0.546. The molecule has 0 bridgehead atoms. The molecule has 0 aliphatic carbocycles. The molecule has 3 rings (SSSR count). The molecule has 1 fully saturated rings. The number of methoxy groups -OCH3 is 2. The van der Waals surface area contributed by atoms with Crippen molar-refractivity contribution in [3.05, 3.63) is 29.3 Å². The Kier molecular flexibility index (Phi) is 5.15. The van der Waals surface area contributed by atoms with E-state index in [2.05, 4.69) is 22.5 Å². The van der Waals surface area contributed by atoms with Gasteiger partial charge in [-0.3, -0.25) is 4.90 Å². The average Bonchev–Trinajstić information content (AvgIpc) is 3.04. The van der Waals surface area contributed by atoms with E-state index in [4.69, 9.17) is 14.5 Å². The summed E-state index contributed by atoms with van der Waals surface area (Å²) in [4.78, 5) is 7.28. The zero-order valence-corrected chi connectivity index (χ0v) is 14.7. The average molecular weight is 333 g/mol. The highest BCUT2D eigenvalue weighted by atomic mass is 32.1. The van der Waals surface area contributed by atoms with Gasteiger partial charge in [-0.1, -0.05) is 0 Å². The van der Waals surface area contributed by atoms with Crippen molar-refractivity contribution in [1.29, 1.82) is 0 Å². The van der Waals surface area contributed by atoms with Crippen molar-refractivity contribution in [3.63, 3.8) is 0 Å². The van der Waals surface area contributed by atoms with E-state index in [9.17, 15) is 0 Å². The smallest absolute Gasteiger partial charge is 0.132 e. The first-order chi connectivity index (χ1) is 11.2. The summed E-state index contributed by atoms with van der Waals surface area (Å²) in [6.45, 7) is 6.32. The van der Waals surface area contributed by atoms with Crippen molar-refractivity contribution >= 4 is 11.3 Å². The zero-order chi connectivity index (χ0) is 16.2. The lowest BCUT2D eigenvalue weighted by Crippen LogP contribution is -2.49. The van der Waals surface area contributed by atoms with Gasteiger partial charge in [-0.05, 0) is 19.1 Å². The van der Waals surface area contributed by atoms with E-state index in [0.717, 1.165) is 53.9 Å². The van der Waals surface area contributed by atoms with Gasteiger partial charge in [0.25, 0.3) is 0 Å². The Balaban J connectivity index is 1.79. The van der Waals surface area contributed by atoms with Gasteiger partial charge in [-0.25, -0.2) is 4.98 Å². The van der Waals surface area contributed by atoms with Crippen LogP contribution in [0, 0.1) is 0 Å². The summed E-state index contributed by atoms with van der Waals surface area (Å²) in [5, 5.41) is 6.55. The van der Waals surface area contributed by atoms with Crippen molar-refractivity contribution in [1.82, 2.24) is 15.2 Å². The van der Waals surface area contributed by atoms with E-state index >= 15 is 0 Å². The molecular weight excluding hydrogens is 310 g/mol. The molecule has 1 atom stereocenters. The Bertz CT molecular complexity index is 659. The SMILES string of the molecule is COc1ccc(-c2nc(CN3CCNC[C@@H]3C)cs2)c(OC)c1. The number of nitrogens with zero attached hydrogens (tertiary/aromatic N) is 2. The van der Waals surface area contributed by atoms with Crippen molar-refractivity contribution in [2.75, 3.05) is 33.9 Å². The van der Waals surface area contributed by atoms with Gasteiger partial charge in [0.1, 0.15) is 16.5 Å². The van der Waals surface area contributed by atoms with E-state index in [-0.39, 0.29) is 0 Å². The van der Waals surface area contributed by atoms with Crippen molar-refractivity contribution in [2.45, 2.75) is 19.5 Å². The summed E-state index contributed by atoms with van der Waals surface area (Å²) in [6.07, 6.45) is 0. The monoisotopic (exact) mass is 333 g/mol. The van der Waals surface area contributed by atoms with E-state index in [0.29, 0.717) is 6.04 Å². The van der Waals surface area contributed by atoms with Crippen LogP contribution in [0.25, 0.3) is 10.6 Å². The predicted octanol–water partition coefficient (Wildman–Crippen LogP) is 2.62. The molecule has 5 nitrogen and oxygen atoms in total. The summed E-state index contributed by atoms with van der Waals surface area (Å²) in [5.74, 6) is 1.58. The molecule has 23 heavy (non-hydrogen) atoms. The Hall–Kier alpha value is -1.63. The number of ether oxygens (including phenoxy) is 2. The molecule has 1 aliphatic rings. The van der Waals surface area contributed by atoms with Crippen molar-refractivity contribution in [3.8, 4) is 22.1 Å². The zero-order valence-electron chi connectivity index (χ0n) is 13.8. The van der Waals surface area contributed by atoms with Crippen LogP contribution in [0.4, 0.5) is 0 Å². The number of hydrogen-bond acceptors (Lipinski definition) is 6. The molecule has 1 aromatic carbocycles. The maximum atomic E-state index is 5.49. The Morgan fingerprint density at radius 2 is 2.22 bits per heavy atom. The topological polar surface area (TPSA) is 46.6 Å². The Labute approximate surface area is 141 Å². The standard InChI is InChI=1S/C17H23N3O2S/c1-12-9-18-6-7-20(12)10-13-11-23-17(19-13)15-5-4-14(21-2)8-16(15)22-3/h4-5,8,11-12,18H,6-7,9-10H2,1-3H3/t12-/m0/s1. The highest BCUT2D eigenvalue weighted by molar-refractivity contribution is 7.13. The molecule has 0 radical (unpaired) electrons. The number of thiazole rings is 1. The molecule has 0 unspecified atom stereocenters. The summed E-state index contributed by atoms with van der Waals surface area (Å²) in [5.41, 5.74) is 2.13. The molecule has 0 saturated carbocycles. The van der Waals surface area contributed by atoms with Crippen LogP contribution in [0.15, 0.2) is 23.6 Å². The summed E-state index contributed by atoms with van der Waals surface area (Å²) in [6, 6.07) is 6.39. The molecular formula is C17H23N3O2S. The Morgan fingerprint density at radius 3 is 2.96 bits per heavy atom. The van der Waals surface area contributed by atoms with Crippen LogP contribution in [-0.4, -0.2) is 49.8 Å². The minimum Gasteiger partial charge on any atom is -0.497 e. The van der Waals surface area contributed by atoms with E-state index in [1.807, 2.05) is 18.2 Å². The van der Waals surface area contributed by atoms with E-state index < -0.39 is 0 Å². The van der Waals surface area contributed by atoms with Crippen LogP contribution in [0.5, 0.6) is 11.5 Å². The number of hydrogen-bond donors (Lipinski definition) is 1. The fraction of sp³-hybridized carbons (Fsp3) is 0.471. The van der Waals surface area contributed by atoms with Crippen LogP contribution in [0.1, 0.15) is 12.6 Å². The highest BCUT2D eigenvalue weighted by Crippen LogP contribution is 2.35. The normalized spacial score (nSPS) is 18.8. The molecule has 1 saturated heterocycles. The van der Waals surface area contributed by atoms with E-state index in [1.54, 1.807) is 25.6 Å². The molecule has 1 aliphatic heterocycles. The molecule has 2 aromatic rings. The molecule has 1 aromatic heterocycles. The molecule has 2 heterocycles. The number of rotatable bonds is 5. The second kappa shape index (κ2) is 7.29. The molecule has 6 heteroatoms. The predicted molar refractivity (Wildman–Crippen MR) is 93.4 cm³/mol. The first kappa shape index (κ1) is 16.2. The lowest BCUT2D eigenvalue weighted by molar-refractivity contribution is 0.164. The first-order valence-electron chi connectivity index (χ1n) is 7.83. The van der Waals surface area contributed by atoms with Crippen LogP contribution in [0.2, 0.25) is 0 Å². The van der Waals surface area contributed by atoms with Gasteiger partial charge in [0.15, 0.2) is 0 Å². The Morgan fingerprint density at radius 1 is 1.35 bits per heavy atom. The van der Waals surface area contributed by atoms with Gasteiger partial charge in [-0.15, -0.1) is 11.3 Å². The minimum absolute atomic E-state index is 0.546. The second-order valence-electron chi connectivity index (χ2n) is 5.73. The third-order valence-corrected chi connectivity index (χ3v) is 5.12. The van der Waals surface area contributed by atoms with Crippen LogP contribution in [0.3, 0.4) is 0 Å². The van der Waals surface area contributed by atoms with Gasteiger partial charge < -0.3 is 14.8 Å². The fourth-order valence-electron chi connectivity index (χ4n) is 2.80. The lowest BCUT2D eigenvalue weighted by atomic mass is 10.2. The molecule has 124 valence electrons. The van der Waals surface area contributed by atoms with Crippen LogP contribution < -0.4 is 14.8 Å². The summed E-state index contributed by atoms with van der Waals surface area (Å²) in [7, 11) is 3.33. The molecule has 0 amide bonds. The van der Waals surface area contributed by atoms with Crippen molar-refractivity contribution < 1.29 is 9.47 Å².